The predicted molar refractivity (Wildman–Crippen MR) is 121 cm³/mol. The second-order valence-corrected chi connectivity index (χ2v) is 10.5. The number of carbonyl (C=O) groups excluding carboxylic acids is 1. The van der Waals surface area contributed by atoms with Gasteiger partial charge in [-0.2, -0.15) is 4.98 Å². The molecular formula is C23H23FN2O5S2. The second-order valence-electron chi connectivity index (χ2n) is 7.66. The number of amides is 1. The van der Waals surface area contributed by atoms with Crippen molar-refractivity contribution in [2.24, 2.45) is 0 Å². The van der Waals surface area contributed by atoms with E-state index in [0.29, 0.717) is 18.7 Å². The summed E-state index contributed by atoms with van der Waals surface area (Å²) in [6, 6.07) is 11.8. The quantitative estimate of drug-likeness (QED) is 0.376. The summed E-state index contributed by atoms with van der Waals surface area (Å²) in [5.41, 5.74) is 1.63. The van der Waals surface area contributed by atoms with Crippen LogP contribution in [0.2, 0.25) is 0 Å². The van der Waals surface area contributed by atoms with Crippen LogP contribution in [0.5, 0.6) is 0 Å². The first-order valence-electron chi connectivity index (χ1n) is 10.4. The predicted octanol–water partition coefficient (Wildman–Crippen LogP) is 4.01. The number of aromatic nitrogens is 1. The van der Waals surface area contributed by atoms with Gasteiger partial charge in [0.15, 0.2) is 0 Å². The summed E-state index contributed by atoms with van der Waals surface area (Å²) in [5, 5.41) is 2.50. The number of aryl methyl sites for hydroxylation is 1. The fraction of sp³-hybridized carbons (Fsp3) is 0.304. The Morgan fingerprint density at radius 1 is 1.18 bits per heavy atom. The summed E-state index contributed by atoms with van der Waals surface area (Å²) >= 11 is 0.946. The molecule has 4 rings (SSSR count). The highest BCUT2D eigenvalue weighted by Crippen LogP contribution is 2.35. The first kappa shape index (κ1) is 23.5. The first-order valence-corrected chi connectivity index (χ1v) is 12.9. The molecule has 0 unspecified atom stereocenters. The Balaban J connectivity index is 1.59. The molecule has 1 aromatic heterocycles. The maximum Gasteiger partial charge on any atom is 0.230 e. The lowest BCUT2D eigenvalue weighted by Gasteiger charge is -2.10. The molecule has 1 N–H and O–H groups in total. The van der Waals surface area contributed by atoms with Crippen LogP contribution in [-0.4, -0.2) is 44.3 Å². The van der Waals surface area contributed by atoms with Gasteiger partial charge >= 0.3 is 0 Å². The molecule has 174 valence electrons. The molecule has 0 spiro atoms. The van der Waals surface area contributed by atoms with Gasteiger partial charge in [0.1, 0.15) is 5.82 Å². The van der Waals surface area contributed by atoms with Gasteiger partial charge in [-0.1, -0.05) is 29.5 Å². The maximum atomic E-state index is 13.3. The molecule has 1 fully saturated rings. The number of thioether (sulfide) groups is 1. The molecule has 1 aliphatic rings. The monoisotopic (exact) mass is 490 g/mol. The van der Waals surface area contributed by atoms with Gasteiger partial charge in [-0.05, 0) is 56.2 Å². The Hall–Kier alpha value is -2.69. The van der Waals surface area contributed by atoms with Crippen molar-refractivity contribution in [3.05, 3.63) is 59.9 Å². The number of oxazole rings is 1. The minimum absolute atomic E-state index is 0.00201. The van der Waals surface area contributed by atoms with Crippen LogP contribution >= 0.6 is 11.8 Å². The van der Waals surface area contributed by atoms with Gasteiger partial charge in [0, 0.05) is 18.7 Å². The van der Waals surface area contributed by atoms with E-state index >= 15 is 0 Å². The molecule has 3 aromatic rings. The van der Waals surface area contributed by atoms with Crippen molar-refractivity contribution in [3.8, 4) is 11.5 Å². The van der Waals surface area contributed by atoms with E-state index in [4.69, 9.17) is 9.15 Å². The van der Waals surface area contributed by atoms with E-state index in [-0.39, 0.29) is 38.7 Å². The van der Waals surface area contributed by atoms with Gasteiger partial charge < -0.3 is 14.5 Å². The lowest BCUT2D eigenvalue weighted by atomic mass is 10.1. The topological polar surface area (TPSA) is 98.5 Å². The summed E-state index contributed by atoms with van der Waals surface area (Å²) in [7, 11) is -4.10. The Kier molecular flexibility index (Phi) is 7.16. The zero-order valence-corrected chi connectivity index (χ0v) is 19.5. The summed E-state index contributed by atoms with van der Waals surface area (Å²) in [6.45, 7) is 3.03. The van der Waals surface area contributed by atoms with Crippen molar-refractivity contribution in [1.82, 2.24) is 10.3 Å². The maximum absolute atomic E-state index is 13.3. The van der Waals surface area contributed by atoms with Gasteiger partial charge in [0.2, 0.25) is 31.8 Å². The number of nitrogens with zero attached hydrogens (tertiary/aromatic N) is 1. The molecule has 10 heteroatoms. The number of hydrogen-bond donors (Lipinski definition) is 1. The van der Waals surface area contributed by atoms with Crippen LogP contribution < -0.4 is 5.32 Å². The van der Waals surface area contributed by atoms with Crippen molar-refractivity contribution in [2.75, 3.05) is 18.9 Å². The molecule has 1 amide bonds. The van der Waals surface area contributed by atoms with Crippen molar-refractivity contribution >= 4 is 27.5 Å². The van der Waals surface area contributed by atoms with Crippen LogP contribution in [0.15, 0.2) is 68.0 Å². The number of nitrogens with one attached hydrogen (secondary N) is 1. The van der Waals surface area contributed by atoms with Crippen molar-refractivity contribution in [3.63, 3.8) is 0 Å². The molecule has 1 atom stereocenters. The van der Waals surface area contributed by atoms with E-state index in [0.717, 1.165) is 42.3 Å². The number of hydrogen-bond acceptors (Lipinski definition) is 7. The molecule has 7 nitrogen and oxygen atoms in total. The fourth-order valence-corrected chi connectivity index (χ4v) is 5.67. The standard InChI is InChI=1S/C23H23FN2O5S2/c1-15-4-6-16(7-5-15)21-26-22(33(28,29)19-10-8-17(24)9-11-19)23(31-21)32-14-20(27)25-13-18-3-2-12-30-18/h4-11,18H,2-3,12-14H2,1H3,(H,25,27)/t18-/m1/s1. The summed E-state index contributed by atoms with van der Waals surface area (Å²) in [5.74, 6) is -0.750. The van der Waals surface area contributed by atoms with Crippen molar-refractivity contribution in [1.29, 1.82) is 0 Å². The van der Waals surface area contributed by atoms with E-state index in [2.05, 4.69) is 10.3 Å². The van der Waals surface area contributed by atoms with E-state index < -0.39 is 15.7 Å². The van der Waals surface area contributed by atoms with Crippen LogP contribution in [0.1, 0.15) is 18.4 Å². The third-order valence-electron chi connectivity index (χ3n) is 5.13. The van der Waals surface area contributed by atoms with E-state index in [9.17, 15) is 17.6 Å². The van der Waals surface area contributed by atoms with Crippen LogP contribution in [0.3, 0.4) is 0 Å². The molecular weight excluding hydrogens is 467 g/mol. The van der Waals surface area contributed by atoms with Crippen LogP contribution in [-0.2, 0) is 19.4 Å². The number of sulfone groups is 1. The molecule has 0 aliphatic carbocycles. The molecule has 2 aromatic carbocycles. The van der Waals surface area contributed by atoms with Crippen molar-refractivity contribution < 1.29 is 26.8 Å². The van der Waals surface area contributed by atoms with Gasteiger partial charge in [0.05, 0.1) is 16.8 Å². The Morgan fingerprint density at radius 2 is 1.91 bits per heavy atom. The molecule has 0 bridgehead atoms. The average Bonchev–Trinajstić information content (AvgIpc) is 3.47. The normalized spacial score (nSPS) is 16.1. The highest BCUT2D eigenvalue weighted by molar-refractivity contribution is 8.00. The summed E-state index contributed by atoms with van der Waals surface area (Å²) < 4.78 is 51.1. The zero-order valence-electron chi connectivity index (χ0n) is 17.9. The molecule has 2 heterocycles. The van der Waals surface area contributed by atoms with Gasteiger partial charge in [-0.15, -0.1) is 0 Å². The molecule has 0 radical (unpaired) electrons. The molecule has 33 heavy (non-hydrogen) atoms. The second kappa shape index (κ2) is 10.1. The number of benzene rings is 2. The minimum atomic E-state index is -4.10. The third kappa shape index (κ3) is 5.63. The third-order valence-corrected chi connectivity index (χ3v) is 7.88. The van der Waals surface area contributed by atoms with Crippen LogP contribution in [0, 0.1) is 12.7 Å². The molecule has 0 saturated carbocycles. The summed E-state index contributed by atoms with van der Waals surface area (Å²) in [6.07, 6.45) is 1.88. The van der Waals surface area contributed by atoms with Gasteiger partial charge in [-0.25, -0.2) is 12.8 Å². The van der Waals surface area contributed by atoms with Crippen LogP contribution in [0.4, 0.5) is 4.39 Å². The van der Waals surface area contributed by atoms with E-state index in [1.807, 2.05) is 19.1 Å². The Labute approximate surface area is 195 Å². The van der Waals surface area contributed by atoms with Gasteiger partial charge in [-0.3, -0.25) is 4.79 Å². The highest BCUT2D eigenvalue weighted by atomic mass is 32.2. The minimum Gasteiger partial charge on any atom is -0.428 e. The van der Waals surface area contributed by atoms with Crippen molar-refractivity contribution in [2.45, 2.75) is 40.9 Å². The molecule has 1 aliphatic heterocycles. The Morgan fingerprint density at radius 3 is 2.58 bits per heavy atom. The Bertz CT molecular complexity index is 1220. The number of halogens is 1. The molecule has 1 saturated heterocycles. The number of carbonyl (C=O) groups is 1. The van der Waals surface area contributed by atoms with Crippen LogP contribution in [0.25, 0.3) is 11.5 Å². The largest absolute Gasteiger partial charge is 0.428 e. The summed E-state index contributed by atoms with van der Waals surface area (Å²) in [4.78, 5) is 16.4. The smallest absolute Gasteiger partial charge is 0.230 e. The lowest BCUT2D eigenvalue weighted by molar-refractivity contribution is -0.119. The highest BCUT2D eigenvalue weighted by Gasteiger charge is 2.29. The number of rotatable bonds is 8. The van der Waals surface area contributed by atoms with Gasteiger partial charge in [0.25, 0.3) is 0 Å². The fourth-order valence-electron chi connectivity index (χ4n) is 3.31. The van der Waals surface area contributed by atoms with E-state index in [1.54, 1.807) is 12.1 Å². The lowest BCUT2D eigenvalue weighted by Crippen LogP contribution is -2.32. The SMILES string of the molecule is Cc1ccc(-c2nc(S(=O)(=O)c3ccc(F)cc3)c(SCC(=O)NC[C@H]3CCCO3)o2)cc1. The zero-order chi connectivity index (χ0) is 23.4. The number of ether oxygens (including phenoxy) is 1. The first-order chi connectivity index (χ1) is 15.8. The average molecular weight is 491 g/mol. The van der Waals surface area contributed by atoms with E-state index in [1.165, 1.54) is 12.1 Å².